The highest BCUT2D eigenvalue weighted by Gasteiger charge is 2.33. The van der Waals surface area contributed by atoms with Crippen LogP contribution in [0, 0.1) is 0 Å². The molecule has 1 unspecified atom stereocenters. The molecule has 98 valence electrons. The van der Waals surface area contributed by atoms with E-state index in [1.165, 1.54) is 5.56 Å². The van der Waals surface area contributed by atoms with Gasteiger partial charge in [-0.25, -0.2) is 0 Å². The minimum atomic E-state index is -0.714. The molecule has 1 aromatic carbocycles. The Kier molecular flexibility index (Phi) is 4.37. The maximum absolute atomic E-state index is 10.9. The van der Waals surface area contributed by atoms with Gasteiger partial charge in [-0.2, -0.15) is 0 Å². The highest BCUT2D eigenvalue weighted by Crippen LogP contribution is 2.29. The van der Waals surface area contributed by atoms with Gasteiger partial charge in [-0.05, 0) is 38.2 Å². The fraction of sp³-hybridized carbons (Fsp3) is 0.533. The maximum atomic E-state index is 10.9. The van der Waals surface area contributed by atoms with Gasteiger partial charge in [0.05, 0.1) is 6.54 Å². The summed E-state index contributed by atoms with van der Waals surface area (Å²) in [5.41, 5.74) is 1.33. The Morgan fingerprint density at radius 1 is 1.39 bits per heavy atom. The smallest absolute Gasteiger partial charge is 0.317 e. The summed E-state index contributed by atoms with van der Waals surface area (Å²) >= 11 is 0. The van der Waals surface area contributed by atoms with Crippen molar-refractivity contribution in [1.29, 1.82) is 0 Å². The molecule has 1 fully saturated rings. The van der Waals surface area contributed by atoms with E-state index in [0.29, 0.717) is 12.1 Å². The van der Waals surface area contributed by atoms with Crippen LogP contribution in [0.1, 0.15) is 31.7 Å². The molecule has 0 aliphatic heterocycles. The number of carbonyl (C=O) groups is 1. The first kappa shape index (κ1) is 13.1. The van der Waals surface area contributed by atoms with E-state index in [1.54, 1.807) is 0 Å². The van der Waals surface area contributed by atoms with Gasteiger partial charge in [-0.15, -0.1) is 0 Å². The molecule has 3 heteroatoms. The Balaban J connectivity index is 1.85. The standard InChI is InChI=1S/C15H21NO2/c1-12(7-8-13-5-3-2-4-6-13)16(11-15(17)18)14-9-10-14/h2-6,12,14H,7-11H2,1H3,(H,17,18). The van der Waals surface area contributed by atoms with E-state index in [-0.39, 0.29) is 6.54 Å². The number of carboxylic acids is 1. The van der Waals surface area contributed by atoms with Crippen molar-refractivity contribution in [3.63, 3.8) is 0 Å². The van der Waals surface area contributed by atoms with Gasteiger partial charge in [0, 0.05) is 12.1 Å². The molecule has 3 nitrogen and oxygen atoms in total. The van der Waals surface area contributed by atoms with E-state index < -0.39 is 5.97 Å². The molecule has 0 amide bonds. The average Bonchev–Trinajstić information content (AvgIpc) is 3.18. The van der Waals surface area contributed by atoms with Crippen molar-refractivity contribution in [1.82, 2.24) is 4.90 Å². The Hall–Kier alpha value is -1.35. The second-order valence-corrected chi connectivity index (χ2v) is 5.17. The fourth-order valence-electron chi connectivity index (χ4n) is 2.39. The molecule has 1 aliphatic carbocycles. The zero-order valence-corrected chi connectivity index (χ0v) is 10.9. The van der Waals surface area contributed by atoms with Gasteiger partial charge in [0.1, 0.15) is 0 Å². The molecule has 1 aromatic rings. The maximum Gasteiger partial charge on any atom is 0.317 e. The van der Waals surface area contributed by atoms with E-state index in [4.69, 9.17) is 5.11 Å². The number of aliphatic carboxylic acids is 1. The molecule has 18 heavy (non-hydrogen) atoms. The summed E-state index contributed by atoms with van der Waals surface area (Å²) in [5, 5.41) is 8.95. The SMILES string of the molecule is CC(CCc1ccccc1)N(CC(=O)O)C1CC1. The highest BCUT2D eigenvalue weighted by atomic mass is 16.4. The van der Waals surface area contributed by atoms with Crippen molar-refractivity contribution in [3.05, 3.63) is 35.9 Å². The molecule has 0 saturated heterocycles. The first-order chi connectivity index (χ1) is 8.66. The van der Waals surface area contributed by atoms with Crippen LogP contribution in [0.3, 0.4) is 0 Å². The van der Waals surface area contributed by atoms with Crippen molar-refractivity contribution in [2.45, 2.75) is 44.7 Å². The van der Waals surface area contributed by atoms with E-state index in [9.17, 15) is 4.79 Å². The topological polar surface area (TPSA) is 40.5 Å². The van der Waals surface area contributed by atoms with Gasteiger partial charge >= 0.3 is 5.97 Å². The lowest BCUT2D eigenvalue weighted by Crippen LogP contribution is -2.39. The Morgan fingerprint density at radius 3 is 2.61 bits per heavy atom. The molecule has 0 radical (unpaired) electrons. The van der Waals surface area contributed by atoms with E-state index in [0.717, 1.165) is 25.7 Å². The van der Waals surface area contributed by atoms with Gasteiger partial charge in [0.2, 0.25) is 0 Å². The predicted octanol–water partition coefficient (Wildman–Crippen LogP) is 2.56. The van der Waals surface area contributed by atoms with Crippen molar-refractivity contribution in [2.75, 3.05) is 6.54 Å². The number of carboxylic acid groups (broad SMARTS) is 1. The molecule has 0 spiro atoms. The number of aryl methyl sites for hydroxylation is 1. The molecular formula is C15H21NO2. The second kappa shape index (κ2) is 6.01. The summed E-state index contributed by atoms with van der Waals surface area (Å²) < 4.78 is 0. The normalized spacial score (nSPS) is 16.8. The van der Waals surface area contributed by atoms with E-state index >= 15 is 0 Å². The number of rotatable bonds is 7. The van der Waals surface area contributed by atoms with Gasteiger partial charge in [0.25, 0.3) is 0 Å². The zero-order chi connectivity index (χ0) is 13.0. The molecule has 2 rings (SSSR count). The highest BCUT2D eigenvalue weighted by molar-refractivity contribution is 5.69. The van der Waals surface area contributed by atoms with Crippen LogP contribution in [0.2, 0.25) is 0 Å². The molecule has 1 atom stereocenters. The van der Waals surface area contributed by atoms with E-state index in [2.05, 4.69) is 36.1 Å². The zero-order valence-electron chi connectivity index (χ0n) is 10.9. The summed E-state index contributed by atoms with van der Waals surface area (Å²) in [5.74, 6) is -0.714. The van der Waals surface area contributed by atoms with Gasteiger partial charge < -0.3 is 5.11 Å². The molecular weight excluding hydrogens is 226 g/mol. The largest absolute Gasteiger partial charge is 0.480 e. The quantitative estimate of drug-likeness (QED) is 0.805. The van der Waals surface area contributed by atoms with Gasteiger partial charge in [-0.3, -0.25) is 9.69 Å². The summed E-state index contributed by atoms with van der Waals surface area (Å²) in [6.07, 6.45) is 4.35. The van der Waals surface area contributed by atoms with Crippen LogP contribution in [0.5, 0.6) is 0 Å². The Morgan fingerprint density at radius 2 is 2.06 bits per heavy atom. The third kappa shape index (κ3) is 3.84. The second-order valence-electron chi connectivity index (χ2n) is 5.17. The average molecular weight is 247 g/mol. The third-order valence-corrected chi connectivity index (χ3v) is 3.59. The van der Waals surface area contributed by atoms with Crippen molar-refractivity contribution in [2.24, 2.45) is 0 Å². The molecule has 1 aliphatic rings. The monoisotopic (exact) mass is 247 g/mol. The number of nitrogens with zero attached hydrogens (tertiary/aromatic N) is 1. The van der Waals surface area contributed by atoms with Crippen molar-refractivity contribution in [3.8, 4) is 0 Å². The van der Waals surface area contributed by atoms with Gasteiger partial charge in [0.15, 0.2) is 0 Å². The molecule has 0 bridgehead atoms. The van der Waals surface area contributed by atoms with Crippen LogP contribution >= 0.6 is 0 Å². The van der Waals surface area contributed by atoms with E-state index in [1.807, 2.05) is 6.07 Å². The lowest BCUT2D eigenvalue weighted by Gasteiger charge is -2.27. The van der Waals surface area contributed by atoms with Crippen LogP contribution in [0.4, 0.5) is 0 Å². The summed E-state index contributed by atoms with van der Waals surface area (Å²) in [4.78, 5) is 13.0. The fourth-order valence-corrected chi connectivity index (χ4v) is 2.39. The number of hydrogen-bond donors (Lipinski definition) is 1. The minimum Gasteiger partial charge on any atom is -0.480 e. The molecule has 0 aromatic heterocycles. The lowest BCUT2D eigenvalue weighted by atomic mass is 10.1. The van der Waals surface area contributed by atoms with Crippen molar-refractivity contribution >= 4 is 5.97 Å². The summed E-state index contributed by atoms with van der Waals surface area (Å²) in [6.45, 7) is 2.32. The number of benzene rings is 1. The predicted molar refractivity (Wildman–Crippen MR) is 71.6 cm³/mol. The first-order valence-corrected chi connectivity index (χ1v) is 6.68. The number of hydrogen-bond acceptors (Lipinski definition) is 2. The van der Waals surface area contributed by atoms with Crippen LogP contribution in [0.25, 0.3) is 0 Å². The summed E-state index contributed by atoms with van der Waals surface area (Å²) in [6, 6.07) is 11.2. The van der Waals surface area contributed by atoms with Crippen LogP contribution < -0.4 is 0 Å². The van der Waals surface area contributed by atoms with Crippen molar-refractivity contribution < 1.29 is 9.90 Å². The summed E-state index contributed by atoms with van der Waals surface area (Å²) in [7, 11) is 0. The molecule has 1 N–H and O–H groups in total. The van der Waals surface area contributed by atoms with Gasteiger partial charge in [-0.1, -0.05) is 30.3 Å². The molecule has 0 heterocycles. The minimum absolute atomic E-state index is 0.181. The lowest BCUT2D eigenvalue weighted by molar-refractivity contribution is -0.139. The third-order valence-electron chi connectivity index (χ3n) is 3.59. The molecule has 1 saturated carbocycles. The van der Waals surface area contributed by atoms with Crippen LogP contribution in [-0.4, -0.2) is 34.6 Å². The Bertz CT molecular complexity index is 387. The first-order valence-electron chi connectivity index (χ1n) is 6.68. The van der Waals surface area contributed by atoms with Crippen LogP contribution in [-0.2, 0) is 11.2 Å². The van der Waals surface area contributed by atoms with Crippen LogP contribution in [0.15, 0.2) is 30.3 Å². The Labute approximate surface area is 108 Å².